The van der Waals surface area contributed by atoms with Crippen LogP contribution in [0.25, 0.3) is 0 Å². The van der Waals surface area contributed by atoms with Crippen LogP contribution in [0.5, 0.6) is 0 Å². The van der Waals surface area contributed by atoms with E-state index in [1.165, 1.54) is 148 Å². The maximum absolute atomic E-state index is 3.95. The van der Waals surface area contributed by atoms with E-state index in [0.717, 1.165) is 11.8 Å². The van der Waals surface area contributed by atoms with Gasteiger partial charge in [0.1, 0.15) is 0 Å². The fourth-order valence-electron chi connectivity index (χ4n) is 4.68. The molecule has 0 fully saturated rings. The van der Waals surface area contributed by atoms with Crippen LogP contribution in [0.2, 0.25) is 0 Å². The first kappa shape index (κ1) is 48.2. The van der Waals surface area contributed by atoms with Gasteiger partial charge in [-0.05, 0) is 31.6 Å². The van der Waals surface area contributed by atoms with Gasteiger partial charge < -0.3 is 0 Å². The summed E-state index contributed by atoms with van der Waals surface area (Å²) in [5, 5.41) is 0. The molecule has 0 aromatic carbocycles. The van der Waals surface area contributed by atoms with Crippen molar-refractivity contribution in [2.45, 2.75) is 217 Å². The average molecular weight is 553 g/mol. The van der Waals surface area contributed by atoms with E-state index in [4.69, 9.17) is 0 Å². The molecule has 0 nitrogen and oxygen atoms in total. The fraction of sp³-hybridized carbons (Fsp3) is 0.897. The molecule has 0 N–H and O–H groups in total. The summed E-state index contributed by atoms with van der Waals surface area (Å²) in [6.45, 7) is 29.2. The molecule has 0 amide bonds. The van der Waals surface area contributed by atoms with Crippen LogP contribution >= 0.6 is 0 Å². The van der Waals surface area contributed by atoms with E-state index in [-0.39, 0.29) is 0 Å². The molecular weight excluding hydrogens is 468 g/mol. The highest BCUT2D eigenvalue weighted by molar-refractivity contribution is 4.75. The van der Waals surface area contributed by atoms with Gasteiger partial charge in [-0.2, -0.15) is 0 Å². The van der Waals surface area contributed by atoms with Crippen molar-refractivity contribution >= 4 is 0 Å². The van der Waals surface area contributed by atoms with Crippen molar-refractivity contribution in [2.24, 2.45) is 11.8 Å². The summed E-state index contributed by atoms with van der Waals surface area (Å²) in [4.78, 5) is 0. The molecule has 0 saturated heterocycles. The highest BCUT2D eigenvalue weighted by Gasteiger charge is 2.13. The van der Waals surface area contributed by atoms with Gasteiger partial charge in [-0.15, -0.1) is 13.2 Å². The Hall–Kier alpha value is -0.520. The van der Waals surface area contributed by atoms with Crippen LogP contribution in [-0.2, 0) is 0 Å². The van der Waals surface area contributed by atoms with Crippen molar-refractivity contribution in [1.82, 2.24) is 0 Å². The Morgan fingerprint density at radius 2 is 0.795 bits per heavy atom. The van der Waals surface area contributed by atoms with Crippen LogP contribution < -0.4 is 0 Å². The van der Waals surface area contributed by atoms with Crippen LogP contribution in [0.15, 0.2) is 25.3 Å². The van der Waals surface area contributed by atoms with Crippen molar-refractivity contribution in [3.05, 3.63) is 25.3 Å². The normalized spacial score (nSPS) is 11.1. The zero-order valence-corrected chi connectivity index (χ0v) is 30.0. The van der Waals surface area contributed by atoms with E-state index in [9.17, 15) is 0 Å². The van der Waals surface area contributed by atoms with Crippen molar-refractivity contribution in [1.29, 1.82) is 0 Å². The second-order valence-electron chi connectivity index (χ2n) is 11.1. The lowest BCUT2D eigenvalue weighted by atomic mass is 9.84. The molecule has 0 aliphatic rings. The molecule has 0 aliphatic heterocycles. The first-order chi connectivity index (χ1) is 19.0. The van der Waals surface area contributed by atoms with Crippen molar-refractivity contribution in [3.63, 3.8) is 0 Å². The minimum atomic E-state index is 0.903. The first-order valence-electron chi connectivity index (χ1n) is 18.2. The van der Waals surface area contributed by atoms with Gasteiger partial charge in [0.05, 0.1) is 0 Å². The highest BCUT2D eigenvalue weighted by atomic mass is 14.2. The minimum Gasteiger partial charge on any atom is -0.103 e. The number of hydrogen-bond donors (Lipinski definition) is 0. The SMILES string of the molecule is C=CC.C=CCC(CCCCCCCC)CC(CC)CCC.CC.CCCCCCC.CCCCCCCC. The second-order valence-corrected chi connectivity index (χ2v) is 11.1. The molecule has 0 spiro atoms. The molecule has 2 atom stereocenters. The molecule has 0 aliphatic carbocycles. The lowest BCUT2D eigenvalue weighted by molar-refractivity contribution is 0.321. The van der Waals surface area contributed by atoms with Crippen LogP contribution in [0, 0.1) is 11.8 Å². The maximum Gasteiger partial charge on any atom is -0.0325 e. The number of unbranched alkanes of at least 4 members (excludes halogenated alkanes) is 14. The Balaban J connectivity index is -0.000000158. The van der Waals surface area contributed by atoms with Crippen molar-refractivity contribution < 1.29 is 0 Å². The van der Waals surface area contributed by atoms with Gasteiger partial charge in [0, 0.05) is 0 Å². The molecule has 0 saturated carbocycles. The van der Waals surface area contributed by atoms with Gasteiger partial charge in [-0.1, -0.05) is 209 Å². The zero-order valence-electron chi connectivity index (χ0n) is 30.0. The molecule has 0 rings (SSSR count). The Morgan fingerprint density at radius 3 is 1.10 bits per heavy atom. The molecule has 0 radical (unpaired) electrons. The standard InChI is InChI=1S/C19H38.C8H18.C7H16.C3H6.C2H6/c1-5-9-10-11-12-13-16-19(15-7-3)17-18(8-4)14-6-2;1-3-5-7-8-6-4-2;1-3-5-7-6-4-2;1-3-2;1-2/h7,18-19H,3,5-6,8-17H2,1-2,4H3;3-8H2,1-2H3;3-7H2,1-2H3;3H,1H2,2H3;1-2H3. The van der Waals surface area contributed by atoms with E-state index in [2.05, 4.69) is 67.7 Å². The molecule has 0 aromatic rings. The Bertz CT molecular complexity index is 345. The van der Waals surface area contributed by atoms with Crippen molar-refractivity contribution in [3.8, 4) is 0 Å². The summed E-state index contributed by atoms with van der Waals surface area (Å²) in [6.07, 6.45) is 36.1. The van der Waals surface area contributed by atoms with Crippen LogP contribution in [0.4, 0.5) is 0 Å². The smallest absolute Gasteiger partial charge is 0.0325 e. The highest BCUT2D eigenvalue weighted by Crippen LogP contribution is 2.27. The van der Waals surface area contributed by atoms with Gasteiger partial charge in [0.25, 0.3) is 0 Å². The summed E-state index contributed by atoms with van der Waals surface area (Å²) in [5.41, 5.74) is 0. The number of hydrogen-bond acceptors (Lipinski definition) is 0. The number of rotatable bonds is 23. The van der Waals surface area contributed by atoms with Gasteiger partial charge in [0.15, 0.2) is 0 Å². The van der Waals surface area contributed by atoms with E-state index in [1.807, 2.05) is 20.8 Å². The predicted octanol–water partition coefficient (Wildman–Crippen LogP) is 15.7. The van der Waals surface area contributed by atoms with Crippen LogP contribution in [0.3, 0.4) is 0 Å². The van der Waals surface area contributed by atoms with Crippen LogP contribution in [-0.4, -0.2) is 0 Å². The van der Waals surface area contributed by atoms with E-state index in [0.29, 0.717) is 0 Å². The minimum absolute atomic E-state index is 0.903. The predicted molar refractivity (Wildman–Crippen MR) is 190 cm³/mol. The molecule has 240 valence electrons. The Labute approximate surface area is 253 Å². The van der Waals surface area contributed by atoms with Gasteiger partial charge in [-0.3, -0.25) is 0 Å². The summed E-state index contributed by atoms with van der Waals surface area (Å²) in [6, 6.07) is 0. The average Bonchev–Trinajstić information content (AvgIpc) is 2.95. The molecule has 39 heavy (non-hydrogen) atoms. The Kier molecular flexibility index (Phi) is 66.4. The lowest BCUT2D eigenvalue weighted by Gasteiger charge is -2.21. The third-order valence-corrected chi connectivity index (χ3v) is 7.07. The quantitative estimate of drug-likeness (QED) is 0.0873. The van der Waals surface area contributed by atoms with Gasteiger partial charge >= 0.3 is 0 Å². The molecule has 0 heteroatoms. The lowest BCUT2D eigenvalue weighted by Crippen LogP contribution is -2.08. The summed E-state index contributed by atoms with van der Waals surface area (Å²) in [5.74, 6) is 1.86. The third kappa shape index (κ3) is 58.2. The summed E-state index contributed by atoms with van der Waals surface area (Å²) in [7, 11) is 0. The monoisotopic (exact) mass is 553 g/mol. The van der Waals surface area contributed by atoms with Crippen molar-refractivity contribution in [2.75, 3.05) is 0 Å². The molecule has 0 aromatic heterocycles. The first-order valence-corrected chi connectivity index (χ1v) is 18.2. The van der Waals surface area contributed by atoms with Crippen LogP contribution in [0.1, 0.15) is 217 Å². The topological polar surface area (TPSA) is 0 Å². The maximum atomic E-state index is 3.95. The summed E-state index contributed by atoms with van der Waals surface area (Å²) < 4.78 is 0. The second kappa shape index (κ2) is 53.7. The Morgan fingerprint density at radius 1 is 0.462 bits per heavy atom. The molecule has 0 heterocycles. The van der Waals surface area contributed by atoms with E-state index >= 15 is 0 Å². The van der Waals surface area contributed by atoms with Gasteiger partial charge in [0.2, 0.25) is 0 Å². The van der Waals surface area contributed by atoms with E-state index < -0.39 is 0 Å². The third-order valence-electron chi connectivity index (χ3n) is 7.07. The summed E-state index contributed by atoms with van der Waals surface area (Å²) >= 11 is 0. The number of allylic oxidation sites excluding steroid dienone is 2. The van der Waals surface area contributed by atoms with E-state index in [1.54, 1.807) is 6.08 Å². The van der Waals surface area contributed by atoms with Gasteiger partial charge in [-0.25, -0.2) is 0 Å². The molecule has 0 bridgehead atoms. The molecule has 2 unspecified atom stereocenters. The molecular formula is C39H84. The fourth-order valence-corrected chi connectivity index (χ4v) is 4.68. The largest absolute Gasteiger partial charge is 0.103 e. The zero-order chi connectivity index (χ0) is 30.8.